The third kappa shape index (κ3) is 3.52. The van der Waals surface area contributed by atoms with E-state index in [9.17, 15) is 5.26 Å². The van der Waals surface area contributed by atoms with Gasteiger partial charge in [-0.05, 0) is 61.3 Å². The van der Waals surface area contributed by atoms with Crippen LogP contribution >= 0.6 is 0 Å². The number of rotatable bonds is 3. The molecule has 41 heavy (non-hydrogen) atoms. The number of hydrogen-bond acceptors (Lipinski definition) is 3. The standard InChI is InChI=1S/C37H30N4/c38-23-24-20-21-29(36(22-24)41-33-17-7-3-12-27(33)28-13-4-8-18-34(28)41)37-30(39)14-9-19-35(37)40-31-15-5-1-10-25(31)26-11-2-6-16-32(26)40/h1,3-10,12-18,20-22,25,31,35H,2,11,19,39H2. The Kier molecular flexibility index (Phi) is 5.40. The second-order valence-corrected chi connectivity index (χ2v) is 11.3. The van der Waals surface area contributed by atoms with E-state index < -0.39 is 0 Å². The molecule has 0 saturated heterocycles. The molecule has 4 heteroatoms. The lowest BCUT2D eigenvalue weighted by Crippen LogP contribution is -2.42. The van der Waals surface area contributed by atoms with Crippen LogP contribution in [0.15, 0.2) is 132 Å². The van der Waals surface area contributed by atoms with Gasteiger partial charge in [0.2, 0.25) is 0 Å². The van der Waals surface area contributed by atoms with Crippen molar-refractivity contribution >= 4 is 27.4 Å². The molecule has 0 saturated carbocycles. The number of aromatic nitrogens is 1. The van der Waals surface area contributed by atoms with Gasteiger partial charge in [0, 0.05) is 39.2 Å². The molecule has 4 aromatic rings. The van der Waals surface area contributed by atoms with Crippen molar-refractivity contribution in [3.8, 4) is 11.8 Å². The number of allylic oxidation sites excluding steroid dienone is 5. The lowest BCUT2D eigenvalue weighted by Gasteiger charge is -2.40. The van der Waals surface area contributed by atoms with Crippen molar-refractivity contribution in [1.29, 1.82) is 5.26 Å². The highest BCUT2D eigenvalue weighted by Gasteiger charge is 2.43. The monoisotopic (exact) mass is 530 g/mol. The Morgan fingerprint density at radius 2 is 1.61 bits per heavy atom. The van der Waals surface area contributed by atoms with Gasteiger partial charge in [0.25, 0.3) is 0 Å². The molecule has 2 N–H and O–H groups in total. The highest BCUT2D eigenvalue weighted by molar-refractivity contribution is 6.09. The zero-order valence-electron chi connectivity index (χ0n) is 22.7. The average molecular weight is 531 g/mol. The molecule has 0 amide bonds. The topological polar surface area (TPSA) is 58.0 Å². The van der Waals surface area contributed by atoms with Gasteiger partial charge >= 0.3 is 0 Å². The Bertz CT molecular complexity index is 1920. The van der Waals surface area contributed by atoms with Crippen molar-refractivity contribution in [3.05, 3.63) is 143 Å². The Morgan fingerprint density at radius 3 is 2.39 bits per heavy atom. The van der Waals surface area contributed by atoms with Crippen LogP contribution in [0.1, 0.15) is 30.4 Å². The van der Waals surface area contributed by atoms with E-state index in [-0.39, 0.29) is 12.1 Å². The predicted molar refractivity (Wildman–Crippen MR) is 167 cm³/mol. The van der Waals surface area contributed by atoms with Gasteiger partial charge in [0.05, 0.1) is 40.4 Å². The van der Waals surface area contributed by atoms with Crippen LogP contribution in [-0.4, -0.2) is 21.6 Å². The van der Waals surface area contributed by atoms with E-state index in [1.165, 1.54) is 22.0 Å². The number of fused-ring (bicyclic) bond motifs is 5. The lowest BCUT2D eigenvalue weighted by molar-refractivity contribution is 0.263. The Morgan fingerprint density at radius 1 is 0.854 bits per heavy atom. The van der Waals surface area contributed by atoms with Crippen LogP contribution < -0.4 is 5.73 Å². The quantitative estimate of drug-likeness (QED) is 0.295. The molecule has 3 aromatic carbocycles. The Balaban J connectivity index is 1.38. The first-order chi connectivity index (χ1) is 20.2. The molecule has 0 radical (unpaired) electrons. The highest BCUT2D eigenvalue weighted by atomic mass is 15.2. The molecule has 4 nitrogen and oxygen atoms in total. The first-order valence-corrected chi connectivity index (χ1v) is 14.5. The van der Waals surface area contributed by atoms with Crippen LogP contribution in [0, 0.1) is 17.2 Å². The van der Waals surface area contributed by atoms with Crippen molar-refractivity contribution < 1.29 is 0 Å². The SMILES string of the molecule is N#Cc1ccc(C2=C(N)C=CCC2N2C3=C(CCC=C3)C3C=CC=CC32)c(-n2c3ccccc3c3ccccc32)c1. The van der Waals surface area contributed by atoms with Crippen molar-refractivity contribution in [2.75, 3.05) is 0 Å². The van der Waals surface area contributed by atoms with Crippen molar-refractivity contribution in [2.24, 2.45) is 11.7 Å². The Hall–Kier alpha value is -5.01. The molecule has 0 fully saturated rings. The minimum atomic E-state index is 0.0682. The molecule has 3 unspecified atom stereocenters. The zero-order valence-corrected chi connectivity index (χ0v) is 22.7. The summed E-state index contributed by atoms with van der Waals surface area (Å²) in [6.45, 7) is 0. The fourth-order valence-corrected chi connectivity index (χ4v) is 7.49. The number of nitriles is 1. The molecule has 4 aliphatic rings. The van der Waals surface area contributed by atoms with E-state index in [0.717, 1.165) is 52.8 Å². The average Bonchev–Trinajstić information content (AvgIpc) is 3.54. The smallest absolute Gasteiger partial charge is 0.0992 e. The molecule has 1 aliphatic heterocycles. The maximum absolute atomic E-state index is 9.98. The maximum atomic E-state index is 9.98. The third-order valence-corrected chi connectivity index (χ3v) is 9.17. The summed E-state index contributed by atoms with van der Waals surface area (Å²) in [4.78, 5) is 2.62. The highest BCUT2D eigenvalue weighted by Crippen LogP contribution is 2.48. The largest absolute Gasteiger partial charge is 0.398 e. The maximum Gasteiger partial charge on any atom is 0.0992 e. The Labute approximate surface area is 240 Å². The fraction of sp³-hybridized carbons (Fsp3) is 0.162. The van der Waals surface area contributed by atoms with Gasteiger partial charge < -0.3 is 15.2 Å². The summed E-state index contributed by atoms with van der Waals surface area (Å²) in [5.74, 6) is 0.395. The molecule has 3 aliphatic carbocycles. The van der Waals surface area contributed by atoms with E-state index in [1.54, 1.807) is 0 Å². The number of benzene rings is 3. The second kappa shape index (κ2) is 9.28. The van der Waals surface area contributed by atoms with Crippen LogP contribution in [0.4, 0.5) is 0 Å². The van der Waals surface area contributed by atoms with Crippen molar-refractivity contribution in [1.82, 2.24) is 9.47 Å². The van der Waals surface area contributed by atoms with Crippen molar-refractivity contribution in [2.45, 2.75) is 31.3 Å². The summed E-state index contributed by atoms with van der Waals surface area (Å²) in [6, 6.07) is 25.9. The molecule has 8 rings (SSSR count). The number of nitrogens with two attached hydrogens (primary N) is 1. The van der Waals surface area contributed by atoms with E-state index in [1.807, 2.05) is 12.1 Å². The van der Waals surface area contributed by atoms with E-state index in [2.05, 4.69) is 119 Å². The molecule has 3 atom stereocenters. The molecule has 0 bridgehead atoms. The molecule has 198 valence electrons. The summed E-state index contributed by atoms with van der Waals surface area (Å²) in [7, 11) is 0. The first kappa shape index (κ1) is 23.8. The van der Waals surface area contributed by atoms with Gasteiger partial charge in [-0.25, -0.2) is 0 Å². The van der Waals surface area contributed by atoms with Gasteiger partial charge in [-0.15, -0.1) is 0 Å². The second-order valence-electron chi connectivity index (χ2n) is 11.3. The van der Waals surface area contributed by atoms with Gasteiger partial charge in [-0.2, -0.15) is 5.26 Å². The van der Waals surface area contributed by atoms with Crippen LogP contribution in [0.5, 0.6) is 0 Å². The number of nitrogens with zero attached hydrogens (tertiary/aromatic N) is 3. The lowest BCUT2D eigenvalue weighted by atomic mass is 9.85. The zero-order chi connectivity index (χ0) is 27.5. The van der Waals surface area contributed by atoms with Gasteiger partial charge in [-0.1, -0.05) is 78.9 Å². The summed E-state index contributed by atoms with van der Waals surface area (Å²) >= 11 is 0. The molecule has 0 spiro atoms. The predicted octanol–water partition coefficient (Wildman–Crippen LogP) is 7.68. The summed E-state index contributed by atoms with van der Waals surface area (Å²) in [5, 5.41) is 12.4. The molecular formula is C37H30N4. The fourth-order valence-electron chi connectivity index (χ4n) is 7.49. The van der Waals surface area contributed by atoms with E-state index >= 15 is 0 Å². The van der Waals surface area contributed by atoms with E-state index in [0.29, 0.717) is 11.5 Å². The van der Waals surface area contributed by atoms with Gasteiger partial charge in [0.1, 0.15) is 0 Å². The first-order valence-electron chi connectivity index (χ1n) is 14.5. The minimum Gasteiger partial charge on any atom is -0.398 e. The number of para-hydroxylation sites is 2. The summed E-state index contributed by atoms with van der Waals surface area (Å²) in [5.41, 5.74) is 16.7. The summed E-state index contributed by atoms with van der Waals surface area (Å²) < 4.78 is 2.32. The van der Waals surface area contributed by atoms with Crippen LogP contribution in [0.25, 0.3) is 33.1 Å². The minimum absolute atomic E-state index is 0.0682. The van der Waals surface area contributed by atoms with Crippen LogP contribution in [-0.2, 0) is 0 Å². The normalized spacial score (nSPS) is 23.0. The van der Waals surface area contributed by atoms with Gasteiger partial charge in [-0.3, -0.25) is 0 Å². The number of hydrogen-bond donors (Lipinski definition) is 1. The van der Waals surface area contributed by atoms with Crippen LogP contribution in [0.3, 0.4) is 0 Å². The van der Waals surface area contributed by atoms with Gasteiger partial charge in [0.15, 0.2) is 0 Å². The van der Waals surface area contributed by atoms with Crippen LogP contribution in [0.2, 0.25) is 0 Å². The third-order valence-electron chi connectivity index (χ3n) is 9.17. The van der Waals surface area contributed by atoms with Crippen molar-refractivity contribution in [3.63, 3.8) is 0 Å². The molecule has 1 aromatic heterocycles. The summed E-state index contributed by atoms with van der Waals surface area (Å²) in [6.07, 6.45) is 21.1. The van der Waals surface area contributed by atoms with E-state index in [4.69, 9.17) is 5.73 Å². The molecular weight excluding hydrogens is 500 g/mol. The molecule has 2 heterocycles.